The second-order valence-electron chi connectivity index (χ2n) is 5.45. The minimum atomic E-state index is -0.805. The minimum absolute atomic E-state index is 0.334. The number of aryl methyl sites for hydroxylation is 2. The highest BCUT2D eigenvalue weighted by Gasteiger charge is 2.19. The number of nitrogens with one attached hydrogen (secondary N) is 1. The molecule has 1 unspecified atom stereocenters. The summed E-state index contributed by atoms with van der Waals surface area (Å²) >= 11 is 0. The summed E-state index contributed by atoms with van der Waals surface area (Å²) in [6, 6.07) is 10.1. The second-order valence-corrected chi connectivity index (χ2v) is 5.45. The average Bonchev–Trinajstić information content (AvgIpc) is 2.42. The van der Waals surface area contributed by atoms with E-state index in [-0.39, 0.29) is 6.04 Å². The van der Waals surface area contributed by atoms with Crippen molar-refractivity contribution in [2.45, 2.75) is 33.2 Å². The molecule has 0 radical (unpaired) electrons. The molecule has 1 atom stereocenters. The average molecular weight is 289 g/mol. The van der Waals surface area contributed by atoms with E-state index in [1.807, 2.05) is 32.9 Å². The zero-order chi connectivity index (χ0) is 15.4. The number of halogens is 2. The number of rotatable bonds is 5. The molecule has 0 aromatic heterocycles. The highest BCUT2D eigenvalue weighted by Crippen LogP contribution is 2.27. The predicted molar refractivity (Wildman–Crippen MR) is 82.4 cm³/mol. The fourth-order valence-electron chi connectivity index (χ4n) is 2.62. The van der Waals surface area contributed by atoms with E-state index in [0.29, 0.717) is 5.56 Å². The quantitative estimate of drug-likeness (QED) is 0.843. The molecule has 0 saturated heterocycles. The lowest BCUT2D eigenvalue weighted by Crippen LogP contribution is -2.24. The lowest BCUT2D eigenvalue weighted by atomic mass is 9.95. The topological polar surface area (TPSA) is 12.0 Å². The molecule has 2 aromatic rings. The fourth-order valence-corrected chi connectivity index (χ4v) is 2.62. The minimum Gasteiger partial charge on any atom is -0.306 e. The van der Waals surface area contributed by atoms with Crippen molar-refractivity contribution in [2.75, 3.05) is 6.54 Å². The molecular formula is C18H21F2N. The first-order valence-corrected chi connectivity index (χ1v) is 7.28. The molecule has 0 aliphatic carbocycles. The maximum Gasteiger partial charge on any atom is 0.163 e. The third-order valence-electron chi connectivity index (χ3n) is 3.47. The summed E-state index contributed by atoms with van der Waals surface area (Å²) in [5.41, 5.74) is 3.55. The zero-order valence-electron chi connectivity index (χ0n) is 12.7. The van der Waals surface area contributed by atoms with Crippen LogP contribution in [-0.4, -0.2) is 6.54 Å². The number of hydrogen-bond acceptors (Lipinski definition) is 1. The molecule has 0 spiro atoms. The van der Waals surface area contributed by atoms with E-state index in [0.717, 1.165) is 35.7 Å². The van der Waals surface area contributed by atoms with Crippen molar-refractivity contribution < 1.29 is 8.78 Å². The molecule has 1 N–H and O–H groups in total. The Morgan fingerprint density at radius 2 is 1.71 bits per heavy atom. The fraction of sp³-hybridized carbons (Fsp3) is 0.333. The van der Waals surface area contributed by atoms with Crippen molar-refractivity contribution in [3.8, 4) is 0 Å². The third kappa shape index (κ3) is 3.67. The van der Waals surface area contributed by atoms with Gasteiger partial charge in [-0.1, -0.05) is 48.4 Å². The van der Waals surface area contributed by atoms with Crippen LogP contribution >= 0.6 is 0 Å². The van der Waals surface area contributed by atoms with Crippen molar-refractivity contribution in [3.63, 3.8) is 0 Å². The van der Waals surface area contributed by atoms with Crippen LogP contribution < -0.4 is 5.32 Å². The maximum atomic E-state index is 14.2. The highest BCUT2D eigenvalue weighted by molar-refractivity contribution is 5.37. The van der Waals surface area contributed by atoms with Crippen molar-refractivity contribution in [3.05, 3.63) is 70.3 Å². The van der Waals surface area contributed by atoms with E-state index < -0.39 is 11.6 Å². The van der Waals surface area contributed by atoms with Crippen LogP contribution in [0.15, 0.2) is 36.4 Å². The van der Waals surface area contributed by atoms with Crippen molar-refractivity contribution in [2.24, 2.45) is 0 Å². The van der Waals surface area contributed by atoms with Gasteiger partial charge in [0.1, 0.15) is 0 Å². The molecule has 2 aromatic carbocycles. The van der Waals surface area contributed by atoms with Gasteiger partial charge in [-0.15, -0.1) is 0 Å². The second kappa shape index (κ2) is 6.81. The molecule has 0 amide bonds. The molecule has 0 aliphatic rings. The van der Waals surface area contributed by atoms with Crippen LogP contribution in [-0.2, 0) is 0 Å². The highest BCUT2D eigenvalue weighted by atomic mass is 19.2. The first-order chi connectivity index (χ1) is 10.0. The van der Waals surface area contributed by atoms with Gasteiger partial charge in [-0.3, -0.25) is 0 Å². The van der Waals surface area contributed by atoms with E-state index in [1.165, 1.54) is 0 Å². The maximum absolute atomic E-state index is 14.2. The van der Waals surface area contributed by atoms with Crippen LogP contribution in [0.25, 0.3) is 0 Å². The zero-order valence-corrected chi connectivity index (χ0v) is 12.7. The largest absolute Gasteiger partial charge is 0.306 e. The summed E-state index contributed by atoms with van der Waals surface area (Å²) in [5.74, 6) is -1.58. The van der Waals surface area contributed by atoms with E-state index in [9.17, 15) is 8.78 Å². The molecule has 1 nitrogen and oxygen atoms in total. The van der Waals surface area contributed by atoms with Gasteiger partial charge in [0, 0.05) is 5.56 Å². The SMILES string of the molecule is CCCNC(c1cc(C)cc(C)c1)c1cccc(F)c1F. The Morgan fingerprint density at radius 3 is 2.33 bits per heavy atom. The molecule has 3 heteroatoms. The van der Waals surface area contributed by atoms with Crippen LogP contribution in [0.3, 0.4) is 0 Å². The lowest BCUT2D eigenvalue weighted by Gasteiger charge is -2.21. The van der Waals surface area contributed by atoms with Gasteiger partial charge in [0.05, 0.1) is 6.04 Å². The summed E-state index contributed by atoms with van der Waals surface area (Å²) in [7, 11) is 0. The molecule has 0 saturated carbocycles. The number of benzene rings is 2. The molecule has 0 bridgehead atoms. The van der Waals surface area contributed by atoms with Gasteiger partial charge < -0.3 is 5.32 Å². The Bertz CT molecular complexity index is 602. The summed E-state index contributed by atoms with van der Waals surface area (Å²) in [4.78, 5) is 0. The van der Waals surface area contributed by atoms with E-state index in [4.69, 9.17) is 0 Å². The Labute approximate surface area is 125 Å². The lowest BCUT2D eigenvalue weighted by molar-refractivity contribution is 0.480. The van der Waals surface area contributed by atoms with Gasteiger partial charge in [0.2, 0.25) is 0 Å². The molecule has 2 rings (SSSR count). The van der Waals surface area contributed by atoms with Gasteiger partial charge in [0.25, 0.3) is 0 Å². The first kappa shape index (κ1) is 15.6. The van der Waals surface area contributed by atoms with Gasteiger partial charge in [-0.05, 0) is 38.4 Å². The van der Waals surface area contributed by atoms with Crippen molar-refractivity contribution >= 4 is 0 Å². The monoisotopic (exact) mass is 289 g/mol. The van der Waals surface area contributed by atoms with Crippen LogP contribution in [0.2, 0.25) is 0 Å². The summed E-state index contributed by atoms with van der Waals surface area (Å²) in [5, 5.41) is 3.32. The normalized spacial score (nSPS) is 12.4. The Morgan fingerprint density at radius 1 is 1.05 bits per heavy atom. The molecule has 112 valence electrons. The molecule has 0 aliphatic heterocycles. The summed E-state index contributed by atoms with van der Waals surface area (Å²) in [6.45, 7) is 6.81. The van der Waals surface area contributed by atoms with Gasteiger partial charge in [-0.25, -0.2) is 8.78 Å². The van der Waals surface area contributed by atoms with E-state index in [2.05, 4.69) is 11.4 Å². The third-order valence-corrected chi connectivity index (χ3v) is 3.47. The van der Waals surface area contributed by atoms with Gasteiger partial charge in [-0.2, -0.15) is 0 Å². The van der Waals surface area contributed by atoms with Crippen molar-refractivity contribution in [1.82, 2.24) is 5.32 Å². The Hall–Kier alpha value is -1.74. The van der Waals surface area contributed by atoms with Crippen molar-refractivity contribution in [1.29, 1.82) is 0 Å². The van der Waals surface area contributed by atoms with E-state index in [1.54, 1.807) is 12.1 Å². The predicted octanol–water partition coefficient (Wildman–Crippen LogP) is 4.67. The summed E-state index contributed by atoms with van der Waals surface area (Å²) < 4.78 is 27.7. The molecule has 0 fully saturated rings. The molecule has 21 heavy (non-hydrogen) atoms. The summed E-state index contributed by atoms with van der Waals surface area (Å²) in [6.07, 6.45) is 0.929. The Balaban J connectivity index is 2.49. The van der Waals surface area contributed by atoms with E-state index >= 15 is 0 Å². The van der Waals surface area contributed by atoms with Crippen LogP contribution in [0.1, 0.15) is 41.6 Å². The smallest absolute Gasteiger partial charge is 0.163 e. The standard InChI is InChI=1S/C18H21F2N/c1-4-8-21-18(14-10-12(2)9-13(3)11-14)15-6-5-7-16(19)17(15)20/h5-7,9-11,18,21H,4,8H2,1-3H3. The van der Waals surface area contributed by atoms with Gasteiger partial charge in [0.15, 0.2) is 11.6 Å². The first-order valence-electron chi connectivity index (χ1n) is 7.28. The number of hydrogen-bond donors (Lipinski definition) is 1. The van der Waals surface area contributed by atoms with Gasteiger partial charge >= 0.3 is 0 Å². The molecule has 0 heterocycles. The molecular weight excluding hydrogens is 268 g/mol. The van der Waals surface area contributed by atoms with Crippen LogP contribution in [0.4, 0.5) is 8.78 Å². The Kier molecular flexibility index (Phi) is 5.07. The van der Waals surface area contributed by atoms with Crippen LogP contribution in [0.5, 0.6) is 0 Å². The van der Waals surface area contributed by atoms with Crippen LogP contribution in [0, 0.1) is 25.5 Å².